The molecule has 0 fully saturated rings. The fourth-order valence-electron chi connectivity index (χ4n) is 1.64. The highest BCUT2D eigenvalue weighted by Crippen LogP contribution is 2.26. The van der Waals surface area contributed by atoms with Crippen molar-refractivity contribution < 1.29 is 8.42 Å². The predicted octanol–water partition coefficient (Wildman–Crippen LogP) is 2.40. The van der Waals surface area contributed by atoms with E-state index in [1.807, 2.05) is 18.4 Å². The first-order chi connectivity index (χ1) is 9.49. The monoisotopic (exact) mass is 331 g/mol. The van der Waals surface area contributed by atoms with Crippen LogP contribution in [-0.2, 0) is 15.6 Å². The molecule has 0 saturated carbocycles. The van der Waals surface area contributed by atoms with E-state index in [9.17, 15) is 8.42 Å². The summed E-state index contributed by atoms with van der Waals surface area (Å²) in [6.45, 7) is 2.84. The highest BCUT2D eigenvalue weighted by Gasteiger charge is 2.09. The zero-order valence-corrected chi connectivity index (χ0v) is 13.9. The first-order valence-corrected chi connectivity index (χ1v) is 10.3. The Hall–Kier alpha value is -0.860. The summed E-state index contributed by atoms with van der Waals surface area (Å²) in [5, 5.41) is 6.29. The molecule has 110 valence electrons. The van der Waals surface area contributed by atoms with Gasteiger partial charge < -0.3 is 5.32 Å². The molecular formula is C12H17N3O2S3. The second-order valence-electron chi connectivity index (χ2n) is 4.34. The molecule has 2 heterocycles. The van der Waals surface area contributed by atoms with Gasteiger partial charge in [0.05, 0.1) is 16.9 Å². The lowest BCUT2D eigenvalue weighted by Crippen LogP contribution is -2.06. The van der Waals surface area contributed by atoms with Gasteiger partial charge in [0, 0.05) is 18.6 Å². The van der Waals surface area contributed by atoms with E-state index in [1.165, 1.54) is 6.26 Å². The van der Waals surface area contributed by atoms with Crippen LogP contribution < -0.4 is 5.32 Å². The van der Waals surface area contributed by atoms with Gasteiger partial charge in [0.15, 0.2) is 0 Å². The number of sulfone groups is 1. The van der Waals surface area contributed by atoms with E-state index in [0.717, 1.165) is 28.4 Å². The van der Waals surface area contributed by atoms with Crippen molar-refractivity contribution >= 4 is 49.0 Å². The minimum Gasteiger partial charge on any atom is -0.370 e. The summed E-state index contributed by atoms with van der Waals surface area (Å²) in [7, 11) is -2.89. The van der Waals surface area contributed by atoms with E-state index in [2.05, 4.69) is 15.3 Å². The average Bonchev–Trinajstić information content (AvgIpc) is 2.82. The molecule has 0 aliphatic heterocycles. The molecule has 0 amide bonds. The summed E-state index contributed by atoms with van der Waals surface area (Å²) < 4.78 is 22.1. The Balaban J connectivity index is 2.06. The first kappa shape index (κ1) is 15.5. The summed E-state index contributed by atoms with van der Waals surface area (Å²) in [6.07, 6.45) is 1.25. The van der Waals surface area contributed by atoms with Crippen molar-refractivity contribution in [1.29, 1.82) is 0 Å². The van der Waals surface area contributed by atoms with Gasteiger partial charge in [-0.2, -0.15) is 11.8 Å². The Bertz CT molecular complexity index is 682. The standard InChI is InChI=1S/C12H17N3O2S3/c1-3-13-11-9-4-5-19-12(9)15-10(14-11)8-18-6-7-20(2,16)17/h4-5H,3,6-8H2,1-2H3,(H,13,14,15). The maximum absolute atomic E-state index is 11.1. The lowest BCUT2D eigenvalue weighted by Gasteiger charge is -2.06. The topological polar surface area (TPSA) is 72.0 Å². The van der Waals surface area contributed by atoms with Crippen LogP contribution in [0.2, 0.25) is 0 Å². The summed E-state index contributed by atoms with van der Waals surface area (Å²) >= 11 is 3.13. The van der Waals surface area contributed by atoms with Crippen LogP contribution >= 0.6 is 23.1 Å². The molecule has 2 aromatic heterocycles. The van der Waals surface area contributed by atoms with Crippen LogP contribution in [0.15, 0.2) is 11.4 Å². The number of fused-ring (bicyclic) bond motifs is 1. The molecule has 20 heavy (non-hydrogen) atoms. The lowest BCUT2D eigenvalue weighted by atomic mass is 10.3. The highest BCUT2D eigenvalue weighted by molar-refractivity contribution is 7.99. The van der Waals surface area contributed by atoms with E-state index in [4.69, 9.17) is 0 Å². The van der Waals surface area contributed by atoms with Crippen molar-refractivity contribution in [3.63, 3.8) is 0 Å². The van der Waals surface area contributed by atoms with Crippen LogP contribution in [-0.4, -0.2) is 42.7 Å². The fourth-order valence-corrected chi connectivity index (χ4v) is 4.56. The second-order valence-corrected chi connectivity index (χ2v) is 8.60. The van der Waals surface area contributed by atoms with E-state index in [0.29, 0.717) is 11.5 Å². The zero-order valence-electron chi connectivity index (χ0n) is 11.4. The van der Waals surface area contributed by atoms with Crippen LogP contribution in [0.25, 0.3) is 10.2 Å². The lowest BCUT2D eigenvalue weighted by molar-refractivity contribution is 0.603. The molecular weight excluding hydrogens is 314 g/mol. The first-order valence-electron chi connectivity index (χ1n) is 6.23. The molecule has 0 aromatic carbocycles. The third-order valence-corrected chi connectivity index (χ3v) is 5.51. The zero-order chi connectivity index (χ0) is 14.6. The molecule has 5 nitrogen and oxygen atoms in total. The smallest absolute Gasteiger partial charge is 0.148 e. The molecule has 0 atom stereocenters. The van der Waals surface area contributed by atoms with Crippen molar-refractivity contribution in [3.8, 4) is 0 Å². The quantitative estimate of drug-likeness (QED) is 0.786. The fraction of sp³-hybridized carbons (Fsp3) is 0.500. The van der Waals surface area contributed by atoms with Crippen molar-refractivity contribution in [3.05, 3.63) is 17.3 Å². The van der Waals surface area contributed by atoms with E-state index in [1.54, 1.807) is 23.1 Å². The molecule has 0 aliphatic rings. The number of aromatic nitrogens is 2. The van der Waals surface area contributed by atoms with Gasteiger partial charge in [-0.1, -0.05) is 0 Å². The molecule has 8 heteroatoms. The van der Waals surface area contributed by atoms with E-state index in [-0.39, 0.29) is 5.75 Å². The molecule has 0 bridgehead atoms. The molecule has 2 rings (SSSR count). The van der Waals surface area contributed by atoms with Gasteiger partial charge in [0.2, 0.25) is 0 Å². The van der Waals surface area contributed by atoms with Gasteiger partial charge in [0.1, 0.15) is 26.3 Å². The largest absolute Gasteiger partial charge is 0.370 e. The van der Waals surface area contributed by atoms with E-state index < -0.39 is 9.84 Å². The van der Waals surface area contributed by atoms with Gasteiger partial charge in [-0.3, -0.25) is 0 Å². The van der Waals surface area contributed by atoms with Crippen LogP contribution in [0.1, 0.15) is 12.7 Å². The molecule has 1 N–H and O–H groups in total. The number of anilines is 1. The Labute approximate surface area is 127 Å². The Morgan fingerprint density at radius 2 is 2.20 bits per heavy atom. The number of thiophene rings is 1. The molecule has 0 saturated heterocycles. The van der Waals surface area contributed by atoms with Gasteiger partial charge in [0.25, 0.3) is 0 Å². The summed E-state index contributed by atoms with van der Waals surface area (Å²) in [5.41, 5.74) is 0. The van der Waals surface area contributed by atoms with Crippen molar-refractivity contribution in [1.82, 2.24) is 9.97 Å². The van der Waals surface area contributed by atoms with Crippen molar-refractivity contribution in [2.75, 3.05) is 29.6 Å². The van der Waals surface area contributed by atoms with Crippen molar-refractivity contribution in [2.24, 2.45) is 0 Å². The van der Waals surface area contributed by atoms with Crippen LogP contribution in [0.4, 0.5) is 5.82 Å². The second kappa shape index (κ2) is 6.73. The number of thioether (sulfide) groups is 1. The third-order valence-electron chi connectivity index (χ3n) is 2.55. The Morgan fingerprint density at radius 3 is 2.90 bits per heavy atom. The Morgan fingerprint density at radius 1 is 1.40 bits per heavy atom. The number of nitrogens with one attached hydrogen (secondary N) is 1. The van der Waals surface area contributed by atoms with Gasteiger partial charge >= 0.3 is 0 Å². The van der Waals surface area contributed by atoms with Crippen LogP contribution in [0, 0.1) is 0 Å². The maximum atomic E-state index is 11.1. The minimum absolute atomic E-state index is 0.193. The summed E-state index contributed by atoms with van der Waals surface area (Å²) in [6, 6.07) is 2.01. The van der Waals surface area contributed by atoms with Gasteiger partial charge in [-0.15, -0.1) is 11.3 Å². The minimum atomic E-state index is -2.89. The summed E-state index contributed by atoms with van der Waals surface area (Å²) in [4.78, 5) is 9.99. The summed E-state index contributed by atoms with van der Waals surface area (Å²) in [5.74, 6) is 2.99. The average molecular weight is 331 g/mol. The third kappa shape index (κ3) is 4.32. The SMILES string of the molecule is CCNc1nc(CSCCS(C)(=O)=O)nc2sccc12. The van der Waals surface area contributed by atoms with Crippen LogP contribution in [0.5, 0.6) is 0 Å². The maximum Gasteiger partial charge on any atom is 0.148 e. The van der Waals surface area contributed by atoms with Crippen molar-refractivity contribution in [2.45, 2.75) is 12.7 Å². The highest BCUT2D eigenvalue weighted by atomic mass is 32.2. The number of nitrogens with zero attached hydrogens (tertiary/aromatic N) is 2. The van der Waals surface area contributed by atoms with Gasteiger partial charge in [-0.25, -0.2) is 18.4 Å². The number of hydrogen-bond donors (Lipinski definition) is 1. The number of rotatable bonds is 7. The molecule has 2 aromatic rings. The van der Waals surface area contributed by atoms with Crippen LogP contribution in [0.3, 0.4) is 0 Å². The molecule has 0 unspecified atom stereocenters. The predicted molar refractivity (Wildman–Crippen MR) is 87.5 cm³/mol. The molecule has 0 aliphatic carbocycles. The van der Waals surface area contributed by atoms with Gasteiger partial charge in [-0.05, 0) is 18.4 Å². The normalized spacial score (nSPS) is 11.9. The number of hydrogen-bond acceptors (Lipinski definition) is 7. The van der Waals surface area contributed by atoms with E-state index >= 15 is 0 Å². The molecule has 0 radical (unpaired) electrons. The Kier molecular flexibility index (Phi) is 5.22. The molecule has 0 spiro atoms.